The van der Waals surface area contributed by atoms with Gasteiger partial charge >= 0.3 is 0 Å². The molecule has 2 N–H and O–H groups in total. The van der Waals surface area contributed by atoms with Crippen molar-refractivity contribution in [1.29, 1.82) is 0 Å². The Bertz CT molecular complexity index is 337. The summed E-state index contributed by atoms with van der Waals surface area (Å²) in [6, 6.07) is 4.47. The molecule has 0 fully saturated rings. The van der Waals surface area contributed by atoms with Gasteiger partial charge in [0, 0.05) is 6.04 Å². The molecule has 0 aromatic heterocycles. The highest BCUT2D eigenvalue weighted by atomic mass is 16.5. The molecule has 2 nitrogen and oxygen atoms in total. The number of ether oxygens (including phenoxy) is 1. The highest BCUT2D eigenvalue weighted by molar-refractivity contribution is 5.44. The second-order valence-electron chi connectivity index (χ2n) is 4.79. The molecule has 0 saturated heterocycles. The molecule has 1 aromatic carbocycles. The number of rotatable bonds is 6. The summed E-state index contributed by atoms with van der Waals surface area (Å²) in [7, 11) is 1.72. The third-order valence-electron chi connectivity index (χ3n) is 3.23. The van der Waals surface area contributed by atoms with Crippen LogP contribution in [0, 0.1) is 13.8 Å². The standard InChI is InChI=1S/C15H25NO/c1-5-6-7-8-14(16)13-9-11(2)15(17-4)12(3)10-13/h9-10,14H,5-8,16H2,1-4H3/t14-/m1/s1. The Morgan fingerprint density at radius 2 is 1.76 bits per heavy atom. The van der Waals surface area contributed by atoms with E-state index in [-0.39, 0.29) is 6.04 Å². The van der Waals surface area contributed by atoms with Gasteiger partial charge in [-0.1, -0.05) is 38.3 Å². The first-order valence-corrected chi connectivity index (χ1v) is 6.50. The average molecular weight is 235 g/mol. The first kappa shape index (κ1) is 14.0. The molecule has 96 valence electrons. The minimum Gasteiger partial charge on any atom is -0.496 e. The van der Waals surface area contributed by atoms with Crippen molar-refractivity contribution in [3.63, 3.8) is 0 Å². The van der Waals surface area contributed by atoms with E-state index >= 15 is 0 Å². The molecule has 1 rings (SSSR count). The molecule has 0 radical (unpaired) electrons. The Morgan fingerprint density at radius 1 is 1.18 bits per heavy atom. The van der Waals surface area contributed by atoms with Gasteiger partial charge in [0.05, 0.1) is 7.11 Å². The van der Waals surface area contributed by atoms with E-state index in [1.807, 2.05) is 0 Å². The van der Waals surface area contributed by atoms with Gasteiger partial charge in [-0.2, -0.15) is 0 Å². The van der Waals surface area contributed by atoms with Crippen molar-refractivity contribution in [2.45, 2.75) is 52.5 Å². The lowest BCUT2D eigenvalue weighted by Crippen LogP contribution is -2.11. The Labute approximate surface area is 105 Å². The van der Waals surface area contributed by atoms with E-state index in [0.29, 0.717) is 0 Å². The van der Waals surface area contributed by atoms with Gasteiger partial charge in [-0.05, 0) is 37.0 Å². The summed E-state index contributed by atoms with van der Waals surface area (Å²) in [4.78, 5) is 0. The SMILES string of the molecule is CCCCC[C@@H](N)c1cc(C)c(OC)c(C)c1. The minimum atomic E-state index is 0.157. The van der Waals surface area contributed by atoms with Crippen molar-refractivity contribution in [3.8, 4) is 5.75 Å². The largest absolute Gasteiger partial charge is 0.496 e. The molecule has 0 amide bonds. The van der Waals surface area contributed by atoms with Crippen LogP contribution in [0.15, 0.2) is 12.1 Å². The smallest absolute Gasteiger partial charge is 0.124 e. The van der Waals surface area contributed by atoms with Crippen molar-refractivity contribution >= 4 is 0 Å². The van der Waals surface area contributed by atoms with Crippen LogP contribution in [0.4, 0.5) is 0 Å². The maximum atomic E-state index is 6.22. The van der Waals surface area contributed by atoms with Crippen LogP contribution in [0.5, 0.6) is 5.75 Å². The van der Waals surface area contributed by atoms with Crippen LogP contribution < -0.4 is 10.5 Å². The highest BCUT2D eigenvalue weighted by Gasteiger charge is 2.10. The van der Waals surface area contributed by atoms with E-state index in [1.165, 1.54) is 36.0 Å². The van der Waals surface area contributed by atoms with Crippen LogP contribution in [0.1, 0.15) is 55.3 Å². The van der Waals surface area contributed by atoms with Crippen molar-refractivity contribution in [3.05, 3.63) is 28.8 Å². The third kappa shape index (κ3) is 3.74. The molecular weight excluding hydrogens is 210 g/mol. The summed E-state index contributed by atoms with van der Waals surface area (Å²) >= 11 is 0. The van der Waals surface area contributed by atoms with Crippen LogP contribution in [0.3, 0.4) is 0 Å². The Morgan fingerprint density at radius 3 is 2.24 bits per heavy atom. The normalized spacial score (nSPS) is 12.5. The van der Waals surface area contributed by atoms with E-state index in [9.17, 15) is 0 Å². The Kier molecular flexibility index (Phi) is 5.49. The topological polar surface area (TPSA) is 35.2 Å². The van der Waals surface area contributed by atoms with Gasteiger partial charge in [0.1, 0.15) is 5.75 Å². The van der Waals surface area contributed by atoms with E-state index in [4.69, 9.17) is 10.5 Å². The van der Waals surface area contributed by atoms with Crippen LogP contribution in [-0.2, 0) is 0 Å². The van der Waals surface area contributed by atoms with Gasteiger partial charge in [-0.25, -0.2) is 0 Å². The number of benzene rings is 1. The molecule has 17 heavy (non-hydrogen) atoms. The van der Waals surface area contributed by atoms with Crippen molar-refractivity contribution in [2.24, 2.45) is 5.73 Å². The number of unbranched alkanes of at least 4 members (excludes halogenated alkanes) is 2. The molecule has 0 saturated carbocycles. The summed E-state index contributed by atoms with van der Waals surface area (Å²) < 4.78 is 5.37. The molecule has 0 unspecified atom stereocenters. The van der Waals surface area contributed by atoms with Crippen LogP contribution in [-0.4, -0.2) is 7.11 Å². The fraction of sp³-hybridized carbons (Fsp3) is 0.600. The fourth-order valence-electron chi connectivity index (χ4n) is 2.30. The predicted molar refractivity (Wildman–Crippen MR) is 73.5 cm³/mol. The number of methoxy groups -OCH3 is 1. The van der Waals surface area contributed by atoms with Crippen LogP contribution >= 0.6 is 0 Å². The summed E-state index contributed by atoms with van der Waals surface area (Å²) in [5.74, 6) is 0.981. The van der Waals surface area contributed by atoms with E-state index in [1.54, 1.807) is 7.11 Å². The molecule has 1 aromatic rings. The predicted octanol–water partition coefficient (Wildman–Crippen LogP) is 3.89. The van der Waals surface area contributed by atoms with Crippen molar-refractivity contribution < 1.29 is 4.74 Å². The Hall–Kier alpha value is -1.02. The summed E-state index contributed by atoms with van der Waals surface area (Å²) in [6.45, 7) is 6.37. The van der Waals surface area contributed by atoms with Gasteiger partial charge in [0.15, 0.2) is 0 Å². The highest BCUT2D eigenvalue weighted by Crippen LogP contribution is 2.28. The summed E-state index contributed by atoms with van der Waals surface area (Å²) in [5.41, 5.74) is 9.81. The van der Waals surface area contributed by atoms with E-state index in [0.717, 1.165) is 12.2 Å². The van der Waals surface area contributed by atoms with E-state index in [2.05, 4.69) is 32.9 Å². The van der Waals surface area contributed by atoms with Gasteiger partial charge in [-0.15, -0.1) is 0 Å². The number of aryl methyl sites for hydroxylation is 2. The summed E-state index contributed by atoms with van der Waals surface area (Å²) in [6.07, 6.45) is 4.79. The maximum Gasteiger partial charge on any atom is 0.124 e. The lowest BCUT2D eigenvalue weighted by molar-refractivity contribution is 0.408. The quantitative estimate of drug-likeness (QED) is 0.759. The third-order valence-corrected chi connectivity index (χ3v) is 3.23. The number of nitrogens with two attached hydrogens (primary N) is 1. The van der Waals surface area contributed by atoms with Gasteiger partial charge < -0.3 is 10.5 Å². The lowest BCUT2D eigenvalue weighted by atomic mass is 9.97. The number of hydrogen-bond acceptors (Lipinski definition) is 2. The molecule has 0 spiro atoms. The van der Waals surface area contributed by atoms with Crippen molar-refractivity contribution in [1.82, 2.24) is 0 Å². The molecule has 0 aliphatic carbocycles. The first-order chi connectivity index (χ1) is 8.10. The number of hydrogen-bond donors (Lipinski definition) is 1. The molecule has 1 atom stereocenters. The second-order valence-corrected chi connectivity index (χ2v) is 4.79. The van der Waals surface area contributed by atoms with Gasteiger partial charge in [-0.3, -0.25) is 0 Å². The Balaban J connectivity index is 2.77. The molecule has 0 aliphatic rings. The fourth-order valence-corrected chi connectivity index (χ4v) is 2.30. The van der Waals surface area contributed by atoms with Crippen LogP contribution in [0.2, 0.25) is 0 Å². The molecule has 2 heteroatoms. The van der Waals surface area contributed by atoms with Gasteiger partial charge in [0.25, 0.3) is 0 Å². The molecular formula is C15H25NO. The monoisotopic (exact) mass is 235 g/mol. The molecule has 0 bridgehead atoms. The van der Waals surface area contributed by atoms with Gasteiger partial charge in [0.2, 0.25) is 0 Å². The second kappa shape index (κ2) is 6.65. The lowest BCUT2D eigenvalue weighted by Gasteiger charge is -2.16. The van der Waals surface area contributed by atoms with Crippen LogP contribution in [0.25, 0.3) is 0 Å². The van der Waals surface area contributed by atoms with E-state index < -0.39 is 0 Å². The maximum absolute atomic E-state index is 6.22. The zero-order valence-electron chi connectivity index (χ0n) is 11.5. The average Bonchev–Trinajstić information content (AvgIpc) is 2.28. The molecule has 0 aliphatic heterocycles. The zero-order valence-corrected chi connectivity index (χ0v) is 11.5. The first-order valence-electron chi connectivity index (χ1n) is 6.50. The summed E-state index contributed by atoms with van der Waals surface area (Å²) in [5, 5.41) is 0. The zero-order chi connectivity index (χ0) is 12.8. The van der Waals surface area contributed by atoms with Crippen molar-refractivity contribution in [2.75, 3.05) is 7.11 Å². The molecule has 0 heterocycles. The minimum absolute atomic E-state index is 0.157.